The van der Waals surface area contributed by atoms with Crippen LogP contribution < -0.4 is 10.5 Å². The van der Waals surface area contributed by atoms with E-state index in [2.05, 4.69) is 5.10 Å². The molecule has 0 saturated heterocycles. The van der Waals surface area contributed by atoms with Gasteiger partial charge < -0.3 is 10.5 Å². The first-order valence-corrected chi connectivity index (χ1v) is 6.36. The van der Waals surface area contributed by atoms with Crippen LogP contribution >= 0.6 is 0 Å². The van der Waals surface area contributed by atoms with Gasteiger partial charge in [0.2, 0.25) is 0 Å². The van der Waals surface area contributed by atoms with Crippen LogP contribution in [0.25, 0.3) is 5.69 Å². The molecule has 1 aromatic carbocycles. The quantitative estimate of drug-likeness (QED) is 0.898. The molecule has 2 aromatic rings. The molecule has 4 heteroatoms. The van der Waals surface area contributed by atoms with Crippen molar-refractivity contribution in [3.63, 3.8) is 0 Å². The minimum atomic E-state index is 0.622. The maximum Gasteiger partial charge on any atom is 0.127 e. The van der Waals surface area contributed by atoms with Crippen LogP contribution in [-0.2, 0) is 0 Å². The zero-order valence-corrected chi connectivity index (χ0v) is 10.5. The molecule has 0 aliphatic heterocycles. The second-order valence-electron chi connectivity index (χ2n) is 4.61. The Labute approximate surface area is 106 Å². The summed E-state index contributed by atoms with van der Waals surface area (Å²) in [6.07, 6.45) is 2.47. The molecule has 0 radical (unpaired) electrons. The molecule has 1 heterocycles. The molecule has 0 atom stereocenters. The molecule has 18 heavy (non-hydrogen) atoms. The fourth-order valence-electron chi connectivity index (χ4n) is 2.05. The molecule has 1 fully saturated rings. The first kappa shape index (κ1) is 11.1. The van der Waals surface area contributed by atoms with Crippen LogP contribution in [0.3, 0.4) is 0 Å². The largest absolute Gasteiger partial charge is 0.494 e. The van der Waals surface area contributed by atoms with Crippen molar-refractivity contribution in [1.29, 1.82) is 0 Å². The smallest absolute Gasteiger partial charge is 0.127 e. The van der Waals surface area contributed by atoms with Crippen molar-refractivity contribution in [2.24, 2.45) is 0 Å². The van der Waals surface area contributed by atoms with E-state index in [1.54, 1.807) is 4.68 Å². The summed E-state index contributed by atoms with van der Waals surface area (Å²) in [5.74, 6) is 2.19. The normalized spacial score (nSPS) is 14.7. The van der Waals surface area contributed by atoms with Crippen LogP contribution in [0.2, 0.25) is 0 Å². The third kappa shape index (κ3) is 2.06. The third-order valence-corrected chi connectivity index (χ3v) is 3.14. The van der Waals surface area contributed by atoms with Gasteiger partial charge in [0.25, 0.3) is 0 Å². The van der Waals surface area contributed by atoms with E-state index in [4.69, 9.17) is 10.5 Å². The summed E-state index contributed by atoms with van der Waals surface area (Å²) in [6.45, 7) is 2.65. The van der Waals surface area contributed by atoms with Crippen molar-refractivity contribution in [2.45, 2.75) is 25.7 Å². The van der Waals surface area contributed by atoms with Crippen molar-refractivity contribution >= 4 is 5.82 Å². The van der Waals surface area contributed by atoms with E-state index < -0.39 is 0 Å². The van der Waals surface area contributed by atoms with Gasteiger partial charge in [-0.2, -0.15) is 5.10 Å². The van der Waals surface area contributed by atoms with E-state index in [0.29, 0.717) is 18.3 Å². The number of anilines is 1. The first-order chi connectivity index (χ1) is 8.78. The van der Waals surface area contributed by atoms with Gasteiger partial charge in [-0.3, -0.25) is 0 Å². The monoisotopic (exact) mass is 243 g/mol. The number of nitrogen functional groups attached to an aromatic ring is 1. The van der Waals surface area contributed by atoms with Gasteiger partial charge in [-0.05, 0) is 44.0 Å². The second-order valence-corrected chi connectivity index (χ2v) is 4.61. The van der Waals surface area contributed by atoms with E-state index in [1.165, 1.54) is 12.8 Å². The lowest BCUT2D eigenvalue weighted by Gasteiger charge is -2.06. The summed E-state index contributed by atoms with van der Waals surface area (Å²) in [4.78, 5) is 0. The van der Waals surface area contributed by atoms with E-state index in [-0.39, 0.29) is 0 Å². The molecular formula is C14H17N3O. The highest BCUT2D eigenvalue weighted by Gasteiger charge is 2.27. The molecular weight excluding hydrogens is 226 g/mol. The Hall–Kier alpha value is -1.97. The van der Waals surface area contributed by atoms with Gasteiger partial charge in [0.1, 0.15) is 11.6 Å². The van der Waals surface area contributed by atoms with E-state index in [9.17, 15) is 0 Å². The Morgan fingerprint density at radius 2 is 2.06 bits per heavy atom. The Balaban J connectivity index is 1.88. The Morgan fingerprint density at radius 1 is 1.33 bits per heavy atom. The Morgan fingerprint density at radius 3 is 2.67 bits per heavy atom. The maximum absolute atomic E-state index is 6.00. The molecule has 0 unspecified atom stereocenters. The lowest BCUT2D eigenvalue weighted by Crippen LogP contribution is -2.02. The molecule has 1 aliphatic rings. The lowest BCUT2D eigenvalue weighted by atomic mass is 10.3. The standard InChI is InChI=1S/C14H17N3O/c1-2-18-12-7-5-11(6-8-12)17-14(15)9-13(16-17)10-3-4-10/h5-10H,2-4,15H2,1H3. The number of hydrogen-bond donors (Lipinski definition) is 1. The number of ether oxygens (including phenoxy) is 1. The van der Waals surface area contributed by atoms with Gasteiger partial charge in [0.15, 0.2) is 0 Å². The predicted octanol–water partition coefficient (Wildman–Crippen LogP) is 2.73. The molecule has 1 aliphatic carbocycles. The van der Waals surface area contributed by atoms with Crippen LogP contribution in [0.1, 0.15) is 31.4 Å². The van der Waals surface area contributed by atoms with Crippen LogP contribution in [0.5, 0.6) is 5.75 Å². The minimum absolute atomic E-state index is 0.622. The van der Waals surface area contributed by atoms with Crippen LogP contribution in [-0.4, -0.2) is 16.4 Å². The third-order valence-electron chi connectivity index (χ3n) is 3.14. The summed E-state index contributed by atoms with van der Waals surface area (Å²) < 4.78 is 7.21. The average Bonchev–Trinajstić information content (AvgIpc) is 3.15. The van der Waals surface area contributed by atoms with E-state index >= 15 is 0 Å². The maximum atomic E-state index is 6.00. The van der Waals surface area contributed by atoms with Crippen LogP contribution in [0, 0.1) is 0 Å². The first-order valence-electron chi connectivity index (χ1n) is 6.36. The number of nitrogens with zero attached hydrogens (tertiary/aromatic N) is 2. The fourth-order valence-corrected chi connectivity index (χ4v) is 2.05. The number of rotatable bonds is 4. The number of hydrogen-bond acceptors (Lipinski definition) is 3. The van der Waals surface area contributed by atoms with Gasteiger partial charge in [-0.1, -0.05) is 0 Å². The molecule has 0 bridgehead atoms. The highest BCUT2D eigenvalue weighted by molar-refractivity contribution is 5.45. The van der Waals surface area contributed by atoms with Gasteiger partial charge in [-0.25, -0.2) is 4.68 Å². The van der Waals surface area contributed by atoms with Gasteiger partial charge >= 0.3 is 0 Å². The van der Waals surface area contributed by atoms with E-state index in [0.717, 1.165) is 17.1 Å². The summed E-state index contributed by atoms with van der Waals surface area (Å²) in [7, 11) is 0. The number of benzene rings is 1. The molecule has 2 N–H and O–H groups in total. The SMILES string of the molecule is CCOc1ccc(-n2nc(C3CC3)cc2N)cc1. The number of nitrogens with two attached hydrogens (primary N) is 1. The summed E-state index contributed by atoms with van der Waals surface area (Å²) >= 11 is 0. The number of aromatic nitrogens is 2. The second kappa shape index (κ2) is 4.37. The zero-order valence-electron chi connectivity index (χ0n) is 10.5. The molecule has 1 saturated carbocycles. The highest BCUT2D eigenvalue weighted by Crippen LogP contribution is 2.40. The summed E-state index contributed by atoms with van der Waals surface area (Å²) in [5.41, 5.74) is 8.09. The van der Waals surface area contributed by atoms with Crippen molar-refractivity contribution in [3.05, 3.63) is 36.0 Å². The Kier molecular flexibility index (Phi) is 2.70. The van der Waals surface area contributed by atoms with Gasteiger partial charge in [0.05, 0.1) is 18.0 Å². The Bertz CT molecular complexity index is 541. The molecule has 1 aromatic heterocycles. The summed E-state index contributed by atoms with van der Waals surface area (Å²) in [6, 6.07) is 9.82. The molecule has 3 rings (SSSR count). The van der Waals surface area contributed by atoms with Crippen LogP contribution in [0.15, 0.2) is 30.3 Å². The summed E-state index contributed by atoms with van der Waals surface area (Å²) in [5, 5.41) is 4.57. The average molecular weight is 243 g/mol. The van der Waals surface area contributed by atoms with Crippen molar-refractivity contribution in [1.82, 2.24) is 9.78 Å². The minimum Gasteiger partial charge on any atom is -0.494 e. The molecule has 4 nitrogen and oxygen atoms in total. The highest BCUT2D eigenvalue weighted by atomic mass is 16.5. The van der Waals surface area contributed by atoms with Crippen molar-refractivity contribution in [2.75, 3.05) is 12.3 Å². The van der Waals surface area contributed by atoms with Gasteiger partial charge in [0, 0.05) is 12.0 Å². The van der Waals surface area contributed by atoms with E-state index in [1.807, 2.05) is 37.3 Å². The van der Waals surface area contributed by atoms with Crippen LogP contribution in [0.4, 0.5) is 5.82 Å². The fraction of sp³-hybridized carbons (Fsp3) is 0.357. The van der Waals surface area contributed by atoms with Crippen molar-refractivity contribution < 1.29 is 4.74 Å². The molecule has 0 spiro atoms. The molecule has 94 valence electrons. The predicted molar refractivity (Wildman–Crippen MR) is 71.1 cm³/mol. The van der Waals surface area contributed by atoms with Gasteiger partial charge in [-0.15, -0.1) is 0 Å². The topological polar surface area (TPSA) is 53.1 Å². The van der Waals surface area contributed by atoms with Crippen molar-refractivity contribution in [3.8, 4) is 11.4 Å². The zero-order chi connectivity index (χ0) is 12.5. The lowest BCUT2D eigenvalue weighted by molar-refractivity contribution is 0.340. The molecule has 0 amide bonds.